The summed E-state index contributed by atoms with van der Waals surface area (Å²) in [5.74, 6) is -0.848. The normalized spacial score (nSPS) is 12.1. The summed E-state index contributed by atoms with van der Waals surface area (Å²) >= 11 is 0. The van der Waals surface area contributed by atoms with Crippen LogP contribution in [0.3, 0.4) is 0 Å². The van der Waals surface area contributed by atoms with Crippen LogP contribution in [0.2, 0.25) is 0 Å². The summed E-state index contributed by atoms with van der Waals surface area (Å²) in [5.41, 5.74) is 0. The van der Waals surface area contributed by atoms with Gasteiger partial charge in [-0.3, -0.25) is 14.4 Å². The van der Waals surface area contributed by atoms with Crippen LogP contribution in [0.5, 0.6) is 0 Å². The molecule has 6 heteroatoms. The Hall–Kier alpha value is -2.11. The SMILES string of the molecule is CCCCC/C=C\C/C=C\CCCCCCCC(=O)OCC(COC(=O)CCCCCCCCCCCCCCCCCCCCCCCCCCCCCC)OC(=O)CCCCCCCCCCCCCCCCCCCCCCC. The summed E-state index contributed by atoms with van der Waals surface area (Å²) in [6.07, 6.45) is 88.0. The van der Waals surface area contributed by atoms with E-state index in [1.165, 1.54) is 308 Å². The Morgan fingerprint density at radius 3 is 0.695 bits per heavy atom. The van der Waals surface area contributed by atoms with E-state index in [0.717, 1.165) is 77.0 Å². The van der Waals surface area contributed by atoms with Crippen LogP contribution in [0.1, 0.15) is 425 Å². The van der Waals surface area contributed by atoms with Gasteiger partial charge in [-0.05, 0) is 51.4 Å². The predicted octanol–water partition coefficient (Wildman–Crippen LogP) is 25.7. The summed E-state index contributed by atoms with van der Waals surface area (Å²) in [6, 6.07) is 0. The molecule has 0 saturated carbocycles. The monoisotopic (exact) mass is 1150 g/mol. The standard InChI is InChI=1S/C76H144O6/c1-4-7-10-13-16-19-22-25-28-30-32-34-35-36-37-38-39-40-42-43-45-48-51-54-57-60-63-66-69-75(78)81-72-73(71-80-74(77)68-65-62-59-56-53-50-47-27-24-21-18-15-12-9-6-3)82-76(79)70-67-64-61-58-55-52-49-46-44-41-33-31-29-26-23-20-17-14-11-8-5-2/h18,21,27,47,73H,4-17,19-20,22-26,28-46,48-72H2,1-3H3/b21-18-,47-27-. The third-order valence-electron chi connectivity index (χ3n) is 17.2. The molecular weight excluding hydrogens is 1010 g/mol. The fourth-order valence-electron chi connectivity index (χ4n) is 11.6. The molecule has 6 nitrogen and oxygen atoms in total. The lowest BCUT2D eigenvalue weighted by molar-refractivity contribution is -0.167. The molecule has 82 heavy (non-hydrogen) atoms. The second-order valence-electron chi connectivity index (χ2n) is 25.6. The molecule has 1 unspecified atom stereocenters. The number of ether oxygens (including phenoxy) is 3. The first-order chi connectivity index (χ1) is 40.5. The summed E-state index contributed by atoms with van der Waals surface area (Å²) in [6.45, 7) is 6.70. The molecule has 484 valence electrons. The van der Waals surface area contributed by atoms with Gasteiger partial charge in [0.15, 0.2) is 6.10 Å². The number of unbranched alkanes of at least 4 members (excludes halogenated alkanes) is 55. The molecule has 0 aliphatic carbocycles. The summed E-state index contributed by atoms with van der Waals surface area (Å²) in [7, 11) is 0. The number of allylic oxidation sites excluding steroid dienone is 4. The molecule has 0 N–H and O–H groups in total. The number of esters is 3. The van der Waals surface area contributed by atoms with Crippen LogP contribution in [0.25, 0.3) is 0 Å². The highest BCUT2D eigenvalue weighted by molar-refractivity contribution is 5.71. The first-order valence-electron chi connectivity index (χ1n) is 37.3. The first kappa shape index (κ1) is 79.9. The average molecular weight is 1150 g/mol. The van der Waals surface area contributed by atoms with Crippen molar-refractivity contribution in [3.63, 3.8) is 0 Å². The third-order valence-corrected chi connectivity index (χ3v) is 17.2. The molecule has 0 rings (SSSR count). The molecule has 1 atom stereocenters. The van der Waals surface area contributed by atoms with Crippen molar-refractivity contribution < 1.29 is 28.6 Å². The highest BCUT2D eigenvalue weighted by Gasteiger charge is 2.20. The maximum absolute atomic E-state index is 13.0. The topological polar surface area (TPSA) is 78.9 Å². The van der Waals surface area contributed by atoms with Gasteiger partial charge in [0.05, 0.1) is 0 Å². The molecule has 0 aliphatic rings. The fraction of sp³-hybridized carbons (Fsp3) is 0.908. The lowest BCUT2D eigenvalue weighted by atomic mass is 10.0. The first-order valence-corrected chi connectivity index (χ1v) is 37.3. The van der Waals surface area contributed by atoms with Gasteiger partial charge in [0.2, 0.25) is 0 Å². The molecule has 0 aromatic rings. The van der Waals surface area contributed by atoms with Crippen molar-refractivity contribution in [2.45, 2.75) is 431 Å². The van der Waals surface area contributed by atoms with E-state index in [2.05, 4.69) is 45.1 Å². The number of hydrogen-bond acceptors (Lipinski definition) is 6. The Balaban J connectivity index is 4.21. The quantitative estimate of drug-likeness (QED) is 0.0261. The van der Waals surface area contributed by atoms with Gasteiger partial charge in [-0.25, -0.2) is 0 Å². The van der Waals surface area contributed by atoms with Crippen molar-refractivity contribution >= 4 is 17.9 Å². The van der Waals surface area contributed by atoms with Gasteiger partial charge in [0.25, 0.3) is 0 Å². The van der Waals surface area contributed by atoms with E-state index in [9.17, 15) is 14.4 Å². The molecule has 0 heterocycles. The molecule has 0 aromatic heterocycles. The van der Waals surface area contributed by atoms with Gasteiger partial charge >= 0.3 is 17.9 Å². The molecule has 0 bridgehead atoms. The minimum atomic E-state index is -0.774. The summed E-state index contributed by atoms with van der Waals surface area (Å²) in [4.78, 5) is 38.5. The molecular formula is C76H144O6. The highest BCUT2D eigenvalue weighted by Crippen LogP contribution is 2.19. The number of hydrogen-bond donors (Lipinski definition) is 0. The van der Waals surface area contributed by atoms with Crippen molar-refractivity contribution in [2.75, 3.05) is 13.2 Å². The van der Waals surface area contributed by atoms with Crippen LogP contribution in [-0.4, -0.2) is 37.2 Å². The molecule has 0 saturated heterocycles. The highest BCUT2D eigenvalue weighted by atomic mass is 16.6. The van der Waals surface area contributed by atoms with Gasteiger partial charge in [-0.1, -0.05) is 379 Å². The smallest absolute Gasteiger partial charge is 0.306 e. The zero-order chi connectivity index (χ0) is 59.2. The molecule has 0 radical (unpaired) electrons. The van der Waals surface area contributed by atoms with Crippen LogP contribution in [0.4, 0.5) is 0 Å². The van der Waals surface area contributed by atoms with E-state index in [1.54, 1.807) is 0 Å². The Morgan fingerprint density at radius 1 is 0.244 bits per heavy atom. The van der Waals surface area contributed by atoms with E-state index >= 15 is 0 Å². The molecule has 0 spiro atoms. The van der Waals surface area contributed by atoms with Crippen molar-refractivity contribution in [1.82, 2.24) is 0 Å². The van der Waals surface area contributed by atoms with Crippen molar-refractivity contribution in [3.05, 3.63) is 24.3 Å². The van der Waals surface area contributed by atoms with Gasteiger partial charge in [0.1, 0.15) is 13.2 Å². The van der Waals surface area contributed by atoms with Gasteiger partial charge < -0.3 is 14.2 Å². The van der Waals surface area contributed by atoms with E-state index in [4.69, 9.17) is 14.2 Å². The number of carbonyl (C=O) groups is 3. The predicted molar refractivity (Wildman–Crippen MR) is 358 cm³/mol. The molecule has 0 aromatic carbocycles. The summed E-state index contributed by atoms with van der Waals surface area (Å²) < 4.78 is 17.0. The molecule has 0 fully saturated rings. The maximum Gasteiger partial charge on any atom is 0.306 e. The second kappa shape index (κ2) is 71.4. The lowest BCUT2D eigenvalue weighted by Crippen LogP contribution is -2.30. The van der Waals surface area contributed by atoms with Crippen molar-refractivity contribution in [3.8, 4) is 0 Å². The van der Waals surface area contributed by atoms with Crippen LogP contribution < -0.4 is 0 Å². The van der Waals surface area contributed by atoms with Crippen LogP contribution >= 0.6 is 0 Å². The van der Waals surface area contributed by atoms with Crippen molar-refractivity contribution in [1.29, 1.82) is 0 Å². The van der Waals surface area contributed by atoms with Gasteiger partial charge in [0, 0.05) is 19.3 Å². The third kappa shape index (κ3) is 68.7. The van der Waals surface area contributed by atoms with Crippen LogP contribution in [0.15, 0.2) is 24.3 Å². The van der Waals surface area contributed by atoms with Crippen LogP contribution in [0, 0.1) is 0 Å². The van der Waals surface area contributed by atoms with Crippen LogP contribution in [-0.2, 0) is 28.6 Å². The van der Waals surface area contributed by atoms with E-state index in [0.29, 0.717) is 19.3 Å². The van der Waals surface area contributed by atoms with Gasteiger partial charge in [-0.15, -0.1) is 0 Å². The zero-order valence-corrected chi connectivity index (χ0v) is 55.8. The molecule has 0 amide bonds. The second-order valence-corrected chi connectivity index (χ2v) is 25.6. The Labute approximate surface area is 513 Å². The minimum Gasteiger partial charge on any atom is -0.462 e. The largest absolute Gasteiger partial charge is 0.462 e. The number of rotatable bonds is 70. The zero-order valence-electron chi connectivity index (χ0n) is 55.8. The van der Waals surface area contributed by atoms with E-state index in [1.807, 2.05) is 0 Å². The van der Waals surface area contributed by atoms with E-state index in [-0.39, 0.29) is 31.1 Å². The van der Waals surface area contributed by atoms with E-state index < -0.39 is 6.10 Å². The Kier molecular flexibility index (Phi) is 69.5. The Morgan fingerprint density at radius 2 is 0.439 bits per heavy atom. The fourth-order valence-corrected chi connectivity index (χ4v) is 11.6. The Bertz CT molecular complexity index is 1320. The number of carbonyl (C=O) groups excluding carboxylic acids is 3. The summed E-state index contributed by atoms with van der Waals surface area (Å²) in [5, 5.41) is 0. The average Bonchev–Trinajstić information content (AvgIpc) is 3.47. The maximum atomic E-state index is 13.0. The lowest BCUT2D eigenvalue weighted by Gasteiger charge is -2.18. The molecule has 0 aliphatic heterocycles. The van der Waals surface area contributed by atoms with Crippen molar-refractivity contribution in [2.24, 2.45) is 0 Å². The minimum absolute atomic E-state index is 0.0691. The van der Waals surface area contributed by atoms with Gasteiger partial charge in [-0.2, -0.15) is 0 Å².